The predicted octanol–water partition coefficient (Wildman–Crippen LogP) is 5.45. The smallest absolute Gasteiger partial charge is 0.462 e. The van der Waals surface area contributed by atoms with Crippen LogP contribution in [-0.4, -0.2) is 18.9 Å². The van der Waals surface area contributed by atoms with Crippen LogP contribution in [0.1, 0.15) is 22.8 Å². The summed E-state index contributed by atoms with van der Waals surface area (Å²) in [4.78, 5) is 12.0. The molecule has 2 rings (SSSR count). The van der Waals surface area contributed by atoms with E-state index < -0.39 is 40.9 Å². The maximum Gasteiger partial charge on any atom is 0.573 e. The number of halogens is 6. The number of carbonyl (C=O) groups excluding carboxylic acids is 1. The third kappa shape index (κ3) is 4.68. The predicted molar refractivity (Wildman–Crippen MR) is 79.5 cm³/mol. The molecular formula is C17H12F6O3. The average Bonchev–Trinajstić information content (AvgIpc) is 2.52. The topological polar surface area (TPSA) is 35.5 Å². The Morgan fingerprint density at radius 2 is 1.65 bits per heavy atom. The SMILES string of the molecule is CCOC(=O)c1cccc(C(F)(F)F)c1-c1cccc(OC(F)(F)F)c1. The molecule has 0 unspecified atom stereocenters. The lowest BCUT2D eigenvalue weighted by molar-refractivity contribution is -0.274. The van der Waals surface area contributed by atoms with Crippen LogP contribution < -0.4 is 4.74 Å². The lowest BCUT2D eigenvalue weighted by Gasteiger charge is -2.17. The Kier molecular flexibility index (Phi) is 5.48. The van der Waals surface area contributed by atoms with Gasteiger partial charge in [0.2, 0.25) is 0 Å². The summed E-state index contributed by atoms with van der Waals surface area (Å²) >= 11 is 0. The van der Waals surface area contributed by atoms with Gasteiger partial charge in [-0.2, -0.15) is 13.2 Å². The summed E-state index contributed by atoms with van der Waals surface area (Å²) in [5.41, 5.74) is -2.42. The fourth-order valence-electron chi connectivity index (χ4n) is 2.33. The first-order valence-corrected chi connectivity index (χ1v) is 7.26. The Morgan fingerprint density at radius 3 is 2.23 bits per heavy atom. The molecule has 3 nitrogen and oxygen atoms in total. The van der Waals surface area contributed by atoms with E-state index in [0.29, 0.717) is 0 Å². The Balaban J connectivity index is 2.67. The molecule has 0 atom stereocenters. The molecule has 0 amide bonds. The largest absolute Gasteiger partial charge is 0.573 e. The van der Waals surface area contributed by atoms with E-state index in [9.17, 15) is 31.1 Å². The number of esters is 1. The minimum atomic E-state index is -5.01. The van der Waals surface area contributed by atoms with Crippen molar-refractivity contribution in [2.24, 2.45) is 0 Å². The Bertz CT molecular complexity index is 796. The van der Waals surface area contributed by atoms with Gasteiger partial charge in [-0.15, -0.1) is 13.2 Å². The molecule has 0 radical (unpaired) electrons. The number of alkyl halides is 6. The fourth-order valence-corrected chi connectivity index (χ4v) is 2.33. The van der Waals surface area contributed by atoms with E-state index in [1.165, 1.54) is 6.92 Å². The number of rotatable bonds is 4. The van der Waals surface area contributed by atoms with Gasteiger partial charge in [-0.05, 0) is 36.8 Å². The first-order chi connectivity index (χ1) is 12.0. The molecule has 0 aliphatic heterocycles. The van der Waals surface area contributed by atoms with Crippen LogP contribution in [0.15, 0.2) is 42.5 Å². The summed E-state index contributed by atoms with van der Waals surface area (Å²) in [6, 6.07) is 6.83. The molecule has 9 heteroatoms. The summed E-state index contributed by atoms with van der Waals surface area (Å²) in [5, 5.41) is 0. The highest BCUT2D eigenvalue weighted by atomic mass is 19.4. The molecule has 2 aromatic carbocycles. The molecule has 140 valence electrons. The van der Waals surface area contributed by atoms with Crippen LogP contribution in [0.4, 0.5) is 26.3 Å². The van der Waals surface area contributed by atoms with Crippen molar-refractivity contribution < 1.29 is 40.6 Å². The van der Waals surface area contributed by atoms with Gasteiger partial charge in [0.15, 0.2) is 0 Å². The second kappa shape index (κ2) is 7.27. The maximum atomic E-state index is 13.4. The van der Waals surface area contributed by atoms with Crippen molar-refractivity contribution in [3.8, 4) is 16.9 Å². The summed E-state index contributed by atoms with van der Waals surface area (Å²) in [5.74, 6) is -1.72. The standard InChI is InChI=1S/C17H12F6O3/c1-2-25-15(24)12-7-4-8-13(16(18,19)20)14(12)10-5-3-6-11(9-10)26-17(21,22)23/h3-9H,2H2,1H3. The Hall–Kier alpha value is -2.71. The zero-order valence-corrected chi connectivity index (χ0v) is 13.2. The van der Waals surface area contributed by atoms with Crippen molar-refractivity contribution >= 4 is 5.97 Å². The van der Waals surface area contributed by atoms with Crippen LogP contribution in [-0.2, 0) is 10.9 Å². The second-order valence-corrected chi connectivity index (χ2v) is 5.02. The molecule has 0 bridgehead atoms. The number of ether oxygens (including phenoxy) is 2. The molecule has 0 aliphatic carbocycles. The molecule has 0 aliphatic rings. The van der Waals surface area contributed by atoms with Gasteiger partial charge in [-0.1, -0.05) is 18.2 Å². The van der Waals surface area contributed by atoms with Gasteiger partial charge in [0.1, 0.15) is 5.75 Å². The van der Waals surface area contributed by atoms with Gasteiger partial charge in [0.25, 0.3) is 0 Å². The molecule has 0 heterocycles. The summed E-state index contributed by atoms with van der Waals surface area (Å²) in [7, 11) is 0. The maximum absolute atomic E-state index is 13.4. The third-order valence-corrected chi connectivity index (χ3v) is 3.22. The Labute approximate surface area is 144 Å². The monoisotopic (exact) mass is 378 g/mol. The van der Waals surface area contributed by atoms with E-state index >= 15 is 0 Å². The van der Waals surface area contributed by atoms with Crippen LogP contribution in [0.3, 0.4) is 0 Å². The highest BCUT2D eigenvalue weighted by Crippen LogP contribution is 2.40. The van der Waals surface area contributed by atoms with Crippen molar-refractivity contribution in [2.45, 2.75) is 19.5 Å². The summed E-state index contributed by atoms with van der Waals surface area (Å²) in [6.45, 7) is 1.40. The van der Waals surface area contributed by atoms with E-state index in [1.807, 2.05) is 0 Å². The first-order valence-electron chi connectivity index (χ1n) is 7.26. The molecule has 26 heavy (non-hydrogen) atoms. The van der Waals surface area contributed by atoms with Gasteiger partial charge in [0.05, 0.1) is 17.7 Å². The number of hydrogen-bond donors (Lipinski definition) is 0. The van der Waals surface area contributed by atoms with Crippen molar-refractivity contribution in [3.63, 3.8) is 0 Å². The highest BCUT2D eigenvalue weighted by Gasteiger charge is 2.36. The first kappa shape index (κ1) is 19.6. The quantitative estimate of drug-likeness (QED) is 0.524. The molecule has 0 N–H and O–H groups in total. The molecule has 0 saturated carbocycles. The molecule has 0 fully saturated rings. The van der Waals surface area contributed by atoms with Crippen molar-refractivity contribution in [3.05, 3.63) is 53.6 Å². The minimum absolute atomic E-state index is 0.0776. The van der Waals surface area contributed by atoms with Crippen LogP contribution in [0.5, 0.6) is 5.75 Å². The minimum Gasteiger partial charge on any atom is -0.462 e. The highest BCUT2D eigenvalue weighted by molar-refractivity contribution is 5.98. The van der Waals surface area contributed by atoms with Crippen molar-refractivity contribution in [1.82, 2.24) is 0 Å². The molecule has 0 saturated heterocycles. The zero-order valence-electron chi connectivity index (χ0n) is 13.2. The lowest BCUT2D eigenvalue weighted by atomic mass is 9.93. The number of hydrogen-bond acceptors (Lipinski definition) is 3. The number of carbonyl (C=O) groups is 1. The van der Waals surface area contributed by atoms with E-state index in [-0.39, 0.29) is 12.2 Å². The molecule has 2 aromatic rings. The van der Waals surface area contributed by atoms with Crippen molar-refractivity contribution in [1.29, 1.82) is 0 Å². The average molecular weight is 378 g/mol. The van der Waals surface area contributed by atoms with Crippen LogP contribution in [0.2, 0.25) is 0 Å². The second-order valence-electron chi connectivity index (χ2n) is 5.02. The van der Waals surface area contributed by atoms with Gasteiger partial charge >= 0.3 is 18.5 Å². The third-order valence-electron chi connectivity index (χ3n) is 3.22. The normalized spacial score (nSPS) is 12.0. The van der Waals surface area contributed by atoms with E-state index in [2.05, 4.69) is 4.74 Å². The van der Waals surface area contributed by atoms with Gasteiger partial charge in [-0.25, -0.2) is 4.79 Å². The Morgan fingerprint density at radius 1 is 1.00 bits per heavy atom. The van der Waals surface area contributed by atoms with Crippen LogP contribution in [0, 0.1) is 0 Å². The van der Waals surface area contributed by atoms with E-state index in [4.69, 9.17) is 4.74 Å². The van der Waals surface area contributed by atoms with E-state index in [0.717, 1.165) is 42.5 Å². The van der Waals surface area contributed by atoms with Crippen LogP contribution in [0.25, 0.3) is 11.1 Å². The molecule has 0 aromatic heterocycles. The fraction of sp³-hybridized carbons (Fsp3) is 0.235. The van der Waals surface area contributed by atoms with Gasteiger partial charge < -0.3 is 9.47 Å². The van der Waals surface area contributed by atoms with Gasteiger partial charge in [-0.3, -0.25) is 0 Å². The zero-order chi connectivity index (χ0) is 19.5. The van der Waals surface area contributed by atoms with E-state index in [1.54, 1.807) is 0 Å². The van der Waals surface area contributed by atoms with Gasteiger partial charge in [0, 0.05) is 5.56 Å². The molecular weight excluding hydrogens is 366 g/mol. The summed E-state index contributed by atoms with van der Waals surface area (Å²) in [6.07, 6.45) is -9.84. The van der Waals surface area contributed by atoms with Crippen molar-refractivity contribution in [2.75, 3.05) is 6.61 Å². The number of benzene rings is 2. The summed E-state index contributed by atoms with van der Waals surface area (Å²) < 4.78 is 85.7. The molecule has 0 spiro atoms. The van der Waals surface area contributed by atoms with Crippen LogP contribution >= 0.6 is 0 Å². The lowest BCUT2D eigenvalue weighted by Crippen LogP contribution is -2.17.